The molecule has 0 heterocycles. The Morgan fingerprint density at radius 3 is 2.31 bits per heavy atom. The van der Waals surface area contributed by atoms with Gasteiger partial charge in [0.2, 0.25) is 0 Å². The highest BCUT2D eigenvalue weighted by Gasteiger charge is 2.59. The van der Waals surface area contributed by atoms with Gasteiger partial charge in [-0.1, -0.05) is 12.1 Å². The minimum Gasteiger partial charge on any atom is -0.462 e. The second kappa shape index (κ2) is 6.67. The predicted octanol–water partition coefficient (Wildman–Crippen LogP) is 5.48. The second-order valence-corrected chi connectivity index (χ2v) is 6.46. The highest BCUT2D eigenvalue weighted by atomic mass is 19.3. The second-order valence-electron chi connectivity index (χ2n) is 6.46. The maximum Gasteiger partial charge on any atom is 0.338 e. The number of hydrogen-bond acceptors (Lipinski definition) is 3. The summed E-state index contributed by atoms with van der Waals surface area (Å²) in [5.41, 5.74) is -0.457. The van der Waals surface area contributed by atoms with Crippen molar-refractivity contribution in [3.8, 4) is 11.5 Å². The van der Waals surface area contributed by atoms with Crippen LogP contribution >= 0.6 is 0 Å². The zero-order valence-electron chi connectivity index (χ0n) is 14.5. The third-order valence-corrected chi connectivity index (χ3v) is 4.67. The van der Waals surface area contributed by atoms with Crippen LogP contribution < -0.4 is 4.74 Å². The Morgan fingerprint density at radius 1 is 1.15 bits per heavy atom. The van der Waals surface area contributed by atoms with Crippen LogP contribution in [0.2, 0.25) is 0 Å². The fourth-order valence-corrected chi connectivity index (χ4v) is 3.00. The van der Waals surface area contributed by atoms with Crippen molar-refractivity contribution in [1.82, 2.24) is 0 Å². The molecule has 0 saturated heterocycles. The lowest BCUT2D eigenvalue weighted by atomic mass is 9.90. The average molecular weight is 364 g/mol. The van der Waals surface area contributed by atoms with E-state index in [1.54, 1.807) is 31.2 Å². The van der Waals surface area contributed by atoms with Crippen LogP contribution in [-0.2, 0) is 10.2 Å². The van der Waals surface area contributed by atoms with E-state index in [4.69, 9.17) is 9.47 Å². The van der Waals surface area contributed by atoms with Crippen LogP contribution in [0.25, 0.3) is 0 Å². The minimum atomic E-state index is -2.79. The highest BCUT2D eigenvalue weighted by molar-refractivity contribution is 5.89. The van der Waals surface area contributed by atoms with E-state index >= 15 is 0 Å². The SMILES string of the molecule is CCOC(=O)c1ccc(Oc2ccc(C3(C(C)(F)F)CC3)cc2)c(F)c1. The van der Waals surface area contributed by atoms with Gasteiger partial charge in [0.1, 0.15) is 5.75 Å². The van der Waals surface area contributed by atoms with Gasteiger partial charge in [0.15, 0.2) is 11.6 Å². The molecule has 0 amide bonds. The quantitative estimate of drug-likeness (QED) is 0.637. The molecule has 3 nitrogen and oxygen atoms in total. The Labute approximate surface area is 149 Å². The summed E-state index contributed by atoms with van der Waals surface area (Å²) in [6.45, 7) is 2.80. The third-order valence-electron chi connectivity index (χ3n) is 4.67. The first-order chi connectivity index (χ1) is 12.3. The molecule has 0 atom stereocenters. The summed E-state index contributed by atoms with van der Waals surface area (Å²) in [6, 6.07) is 10.0. The van der Waals surface area contributed by atoms with Crippen molar-refractivity contribution < 1.29 is 27.4 Å². The Morgan fingerprint density at radius 2 is 1.81 bits per heavy atom. The number of halogens is 3. The van der Waals surface area contributed by atoms with Crippen molar-refractivity contribution in [2.24, 2.45) is 0 Å². The molecule has 0 aliphatic heterocycles. The van der Waals surface area contributed by atoms with Gasteiger partial charge in [-0.3, -0.25) is 0 Å². The molecular formula is C20H19F3O3. The molecule has 6 heteroatoms. The van der Waals surface area contributed by atoms with Crippen molar-refractivity contribution in [2.45, 2.75) is 38.0 Å². The van der Waals surface area contributed by atoms with Gasteiger partial charge >= 0.3 is 5.97 Å². The summed E-state index contributed by atoms with van der Waals surface area (Å²) in [7, 11) is 0. The summed E-state index contributed by atoms with van der Waals surface area (Å²) < 4.78 is 52.0. The van der Waals surface area contributed by atoms with Crippen molar-refractivity contribution in [1.29, 1.82) is 0 Å². The number of ether oxygens (including phenoxy) is 2. The molecule has 1 aliphatic carbocycles. The number of benzene rings is 2. The van der Waals surface area contributed by atoms with E-state index in [9.17, 15) is 18.0 Å². The van der Waals surface area contributed by atoms with Crippen LogP contribution in [0.15, 0.2) is 42.5 Å². The van der Waals surface area contributed by atoms with E-state index in [-0.39, 0.29) is 17.9 Å². The first-order valence-electron chi connectivity index (χ1n) is 8.40. The molecule has 1 saturated carbocycles. The van der Waals surface area contributed by atoms with E-state index in [0.717, 1.165) is 13.0 Å². The van der Waals surface area contributed by atoms with Gasteiger partial charge < -0.3 is 9.47 Å². The van der Waals surface area contributed by atoms with E-state index in [1.165, 1.54) is 12.1 Å². The number of carbonyl (C=O) groups excluding carboxylic acids is 1. The van der Waals surface area contributed by atoms with Crippen molar-refractivity contribution in [3.05, 3.63) is 59.4 Å². The third kappa shape index (κ3) is 3.41. The molecule has 0 unspecified atom stereocenters. The van der Waals surface area contributed by atoms with Gasteiger partial charge in [0, 0.05) is 6.92 Å². The van der Waals surface area contributed by atoms with Crippen LogP contribution in [0.5, 0.6) is 11.5 Å². The summed E-state index contributed by atoms with van der Waals surface area (Å²) in [4.78, 5) is 11.6. The van der Waals surface area contributed by atoms with Gasteiger partial charge in [0.25, 0.3) is 5.92 Å². The normalized spacial score (nSPS) is 15.4. The molecule has 138 valence electrons. The molecule has 2 aromatic carbocycles. The summed E-state index contributed by atoms with van der Waals surface area (Å²) in [5.74, 6) is -3.85. The number of rotatable bonds is 6. The number of carbonyl (C=O) groups is 1. The zero-order valence-corrected chi connectivity index (χ0v) is 14.5. The number of hydrogen-bond donors (Lipinski definition) is 0. The number of esters is 1. The summed E-state index contributed by atoms with van der Waals surface area (Å²) in [5, 5.41) is 0. The smallest absolute Gasteiger partial charge is 0.338 e. The van der Waals surface area contributed by atoms with E-state index in [2.05, 4.69) is 0 Å². The average Bonchev–Trinajstić information content (AvgIpc) is 3.39. The largest absolute Gasteiger partial charge is 0.462 e. The van der Waals surface area contributed by atoms with Crippen LogP contribution in [0, 0.1) is 5.82 Å². The molecule has 1 aliphatic rings. The lowest BCUT2D eigenvalue weighted by molar-refractivity contribution is -0.0200. The minimum absolute atomic E-state index is 0.0623. The standard InChI is InChI=1S/C20H19F3O3/c1-3-25-18(24)13-4-9-17(16(21)12-13)26-15-7-5-14(6-8-15)20(10-11-20)19(2,22)23/h4-9,12H,3,10-11H2,1-2H3. The molecule has 26 heavy (non-hydrogen) atoms. The summed E-state index contributed by atoms with van der Waals surface area (Å²) >= 11 is 0. The van der Waals surface area contributed by atoms with Crippen molar-refractivity contribution in [2.75, 3.05) is 6.61 Å². The molecule has 0 spiro atoms. The lowest BCUT2D eigenvalue weighted by Gasteiger charge is -2.23. The molecule has 3 rings (SSSR count). The van der Waals surface area contributed by atoms with Gasteiger partial charge in [-0.2, -0.15) is 0 Å². The van der Waals surface area contributed by atoms with Crippen molar-refractivity contribution >= 4 is 5.97 Å². The Bertz CT molecular complexity index is 806. The number of alkyl halides is 2. The Balaban J connectivity index is 1.75. The maximum atomic E-state index is 14.1. The topological polar surface area (TPSA) is 35.5 Å². The lowest BCUT2D eigenvalue weighted by Crippen LogP contribution is -2.29. The molecule has 1 fully saturated rings. The summed E-state index contributed by atoms with van der Waals surface area (Å²) in [6.07, 6.45) is 0.890. The van der Waals surface area contributed by atoms with Gasteiger partial charge in [0.05, 0.1) is 17.6 Å². The van der Waals surface area contributed by atoms with E-state index < -0.39 is 23.1 Å². The Hall–Kier alpha value is -2.50. The van der Waals surface area contributed by atoms with Crippen LogP contribution in [0.1, 0.15) is 42.6 Å². The maximum absolute atomic E-state index is 14.1. The molecule has 0 N–H and O–H groups in total. The molecule has 0 radical (unpaired) electrons. The zero-order chi connectivity index (χ0) is 18.9. The first kappa shape index (κ1) is 18.3. The fraction of sp³-hybridized carbons (Fsp3) is 0.350. The van der Waals surface area contributed by atoms with Crippen molar-refractivity contribution in [3.63, 3.8) is 0 Å². The van der Waals surface area contributed by atoms with Gasteiger partial charge in [-0.05, 0) is 55.7 Å². The molecule has 0 bridgehead atoms. The van der Waals surface area contributed by atoms with Crippen LogP contribution in [0.4, 0.5) is 13.2 Å². The fourth-order valence-electron chi connectivity index (χ4n) is 3.00. The molecular weight excluding hydrogens is 345 g/mol. The first-order valence-corrected chi connectivity index (χ1v) is 8.40. The monoisotopic (exact) mass is 364 g/mol. The predicted molar refractivity (Wildman–Crippen MR) is 90.4 cm³/mol. The van der Waals surface area contributed by atoms with Gasteiger partial charge in [-0.15, -0.1) is 0 Å². The Kier molecular flexibility index (Phi) is 4.69. The van der Waals surface area contributed by atoms with E-state index in [0.29, 0.717) is 24.2 Å². The molecule has 2 aromatic rings. The molecule has 0 aromatic heterocycles. The van der Waals surface area contributed by atoms with E-state index in [1.807, 2.05) is 0 Å². The van der Waals surface area contributed by atoms with Crippen LogP contribution in [-0.4, -0.2) is 18.5 Å². The van der Waals surface area contributed by atoms with Gasteiger partial charge in [-0.25, -0.2) is 18.0 Å². The van der Waals surface area contributed by atoms with Crippen LogP contribution in [0.3, 0.4) is 0 Å². The highest BCUT2D eigenvalue weighted by Crippen LogP contribution is 2.58.